The lowest BCUT2D eigenvalue weighted by atomic mass is 10.00. The highest BCUT2D eigenvalue weighted by molar-refractivity contribution is 7.99. The standard InChI is InChI=1S/C22H27N5OS/c1-15(2)12-17-7-9-18(10-8-17)16(3)24-20(28)14-29-22-26-25-21(27(22)4)19-6-5-11-23-13-19/h5-11,13,15-16H,12,14H2,1-4H3,(H,24,28). The summed E-state index contributed by atoms with van der Waals surface area (Å²) in [5, 5.41) is 12.2. The maximum Gasteiger partial charge on any atom is 0.230 e. The second-order valence-electron chi connectivity index (χ2n) is 7.52. The van der Waals surface area contributed by atoms with Gasteiger partial charge < -0.3 is 9.88 Å². The predicted molar refractivity (Wildman–Crippen MR) is 116 cm³/mol. The summed E-state index contributed by atoms with van der Waals surface area (Å²) in [5.74, 6) is 1.62. The lowest BCUT2D eigenvalue weighted by Gasteiger charge is -2.15. The van der Waals surface area contributed by atoms with Crippen molar-refractivity contribution in [2.45, 2.75) is 38.4 Å². The molecule has 0 fully saturated rings. The van der Waals surface area contributed by atoms with Crippen LogP contribution in [0.2, 0.25) is 0 Å². The predicted octanol–water partition coefficient (Wildman–Crippen LogP) is 4.05. The SMILES string of the molecule is CC(C)Cc1ccc(C(C)NC(=O)CSc2nnc(-c3cccnc3)n2C)cc1. The Morgan fingerprint density at radius 2 is 1.90 bits per heavy atom. The van der Waals surface area contributed by atoms with Gasteiger partial charge in [-0.2, -0.15) is 0 Å². The van der Waals surface area contributed by atoms with E-state index in [1.165, 1.54) is 17.3 Å². The number of carbonyl (C=O) groups is 1. The molecule has 6 nitrogen and oxygen atoms in total. The first-order valence-electron chi connectivity index (χ1n) is 9.75. The minimum absolute atomic E-state index is 0.0281. The molecular formula is C22H27N5OS. The minimum atomic E-state index is -0.0401. The van der Waals surface area contributed by atoms with Crippen molar-refractivity contribution in [2.24, 2.45) is 13.0 Å². The number of hydrogen-bond donors (Lipinski definition) is 1. The molecule has 2 heterocycles. The highest BCUT2D eigenvalue weighted by Crippen LogP contribution is 2.22. The van der Waals surface area contributed by atoms with Gasteiger partial charge in [0.25, 0.3) is 0 Å². The molecule has 0 saturated heterocycles. The van der Waals surface area contributed by atoms with Crippen molar-refractivity contribution in [3.8, 4) is 11.4 Å². The molecule has 0 aliphatic carbocycles. The van der Waals surface area contributed by atoms with Crippen LogP contribution in [0.25, 0.3) is 11.4 Å². The number of aromatic nitrogens is 4. The van der Waals surface area contributed by atoms with Crippen molar-refractivity contribution >= 4 is 17.7 Å². The van der Waals surface area contributed by atoms with E-state index in [1.54, 1.807) is 12.4 Å². The molecule has 1 N–H and O–H groups in total. The quantitative estimate of drug-likeness (QED) is 0.568. The van der Waals surface area contributed by atoms with Crippen LogP contribution in [0, 0.1) is 5.92 Å². The van der Waals surface area contributed by atoms with Gasteiger partial charge in [-0.1, -0.05) is 49.9 Å². The molecule has 0 bridgehead atoms. The Balaban J connectivity index is 1.54. The second-order valence-corrected chi connectivity index (χ2v) is 8.47. The maximum atomic E-state index is 12.4. The molecule has 7 heteroatoms. The van der Waals surface area contributed by atoms with E-state index < -0.39 is 0 Å². The summed E-state index contributed by atoms with van der Waals surface area (Å²) in [5.41, 5.74) is 3.33. The molecule has 1 aromatic carbocycles. The summed E-state index contributed by atoms with van der Waals surface area (Å²) in [6.45, 7) is 6.43. The molecule has 1 unspecified atom stereocenters. The van der Waals surface area contributed by atoms with E-state index >= 15 is 0 Å². The van der Waals surface area contributed by atoms with Gasteiger partial charge >= 0.3 is 0 Å². The van der Waals surface area contributed by atoms with Crippen molar-refractivity contribution in [3.63, 3.8) is 0 Å². The van der Waals surface area contributed by atoms with Crippen molar-refractivity contribution in [3.05, 3.63) is 59.9 Å². The molecule has 1 amide bonds. The summed E-state index contributed by atoms with van der Waals surface area (Å²) in [7, 11) is 1.89. The zero-order valence-corrected chi connectivity index (χ0v) is 18.1. The number of hydrogen-bond acceptors (Lipinski definition) is 5. The number of pyridine rings is 1. The van der Waals surface area contributed by atoms with Gasteiger partial charge in [-0.3, -0.25) is 9.78 Å². The van der Waals surface area contributed by atoms with E-state index in [2.05, 4.69) is 58.6 Å². The van der Waals surface area contributed by atoms with Gasteiger partial charge in [-0.25, -0.2) is 0 Å². The van der Waals surface area contributed by atoms with E-state index in [-0.39, 0.29) is 17.7 Å². The highest BCUT2D eigenvalue weighted by Gasteiger charge is 2.14. The maximum absolute atomic E-state index is 12.4. The van der Waals surface area contributed by atoms with Crippen molar-refractivity contribution in [1.82, 2.24) is 25.1 Å². The molecule has 152 valence electrons. The topological polar surface area (TPSA) is 72.7 Å². The molecule has 29 heavy (non-hydrogen) atoms. The van der Waals surface area contributed by atoms with E-state index in [1.807, 2.05) is 30.7 Å². The Bertz CT molecular complexity index is 938. The Morgan fingerprint density at radius 1 is 1.14 bits per heavy atom. The fourth-order valence-corrected chi connectivity index (χ4v) is 3.82. The summed E-state index contributed by atoms with van der Waals surface area (Å²) in [6, 6.07) is 12.2. The van der Waals surface area contributed by atoms with Gasteiger partial charge in [0.1, 0.15) is 0 Å². The summed E-state index contributed by atoms with van der Waals surface area (Å²) in [6.07, 6.45) is 4.54. The Kier molecular flexibility index (Phi) is 7.04. The number of benzene rings is 1. The van der Waals surface area contributed by atoms with Crippen LogP contribution in [-0.4, -0.2) is 31.4 Å². The normalized spacial score (nSPS) is 12.2. The lowest BCUT2D eigenvalue weighted by molar-refractivity contribution is -0.119. The third kappa shape index (κ3) is 5.67. The molecule has 3 rings (SSSR count). The first-order chi connectivity index (χ1) is 13.9. The summed E-state index contributed by atoms with van der Waals surface area (Å²) >= 11 is 1.37. The van der Waals surface area contributed by atoms with Crippen LogP contribution in [0.1, 0.15) is 37.9 Å². The fourth-order valence-electron chi connectivity index (χ4n) is 3.10. The first kappa shape index (κ1) is 21.0. The third-order valence-corrected chi connectivity index (χ3v) is 5.61. The van der Waals surface area contributed by atoms with Crippen LogP contribution in [0.4, 0.5) is 0 Å². The number of rotatable bonds is 8. The third-order valence-electron chi connectivity index (χ3n) is 4.59. The van der Waals surface area contributed by atoms with Gasteiger partial charge in [-0.05, 0) is 42.5 Å². The number of thioether (sulfide) groups is 1. The largest absolute Gasteiger partial charge is 0.349 e. The molecule has 3 aromatic rings. The molecule has 0 spiro atoms. The number of nitrogens with zero attached hydrogens (tertiary/aromatic N) is 4. The molecule has 0 saturated carbocycles. The fraction of sp³-hybridized carbons (Fsp3) is 0.364. The average molecular weight is 410 g/mol. The van der Waals surface area contributed by atoms with Gasteiger partial charge in [0.15, 0.2) is 11.0 Å². The Labute approximate surface area is 176 Å². The molecule has 0 radical (unpaired) electrons. The van der Waals surface area contributed by atoms with Crippen molar-refractivity contribution in [2.75, 3.05) is 5.75 Å². The van der Waals surface area contributed by atoms with Crippen molar-refractivity contribution in [1.29, 1.82) is 0 Å². The zero-order valence-electron chi connectivity index (χ0n) is 17.3. The number of nitrogens with one attached hydrogen (secondary N) is 1. The van der Waals surface area contributed by atoms with E-state index in [0.29, 0.717) is 11.1 Å². The van der Waals surface area contributed by atoms with Gasteiger partial charge in [0.05, 0.1) is 11.8 Å². The highest BCUT2D eigenvalue weighted by atomic mass is 32.2. The summed E-state index contributed by atoms with van der Waals surface area (Å²) in [4.78, 5) is 16.5. The molecule has 0 aliphatic rings. The van der Waals surface area contributed by atoms with Crippen LogP contribution in [0.5, 0.6) is 0 Å². The van der Waals surface area contributed by atoms with Gasteiger partial charge in [-0.15, -0.1) is 10.2 Å². The van der Waals surface area contributed by atoms with Crippen LogP contribution >= 0.6 is 11.8 Å². The van der Waals surface area contributed by atoms with Crippen LogP contribution in [0.3, 0.4) is 0 Å². The summed E-state index contributed by atoms with van der Waals surface area (Å²) < 4.78 is 1.88. The smallest absolute Gasteiger partial charge is 0.230 e. The van der Waals surface area contributed by atoms with Crippen LogP contribution in [-0.2, 0) is 18.3 Å². The average Bonchev–Trinajstić information content (AvgIpc) is 3.07. The lowest BCUT2D eigenvalue weighted by Crippen LogP contribution is -2.28. The molecule has 2 aromatic heterocycles. The zero-order chi connectivity index (χ0) is 20.8. The van der Waals surface area contributed by atoms with Gasteiger partial charge in [0, 0.05) is 25.0 Å². The Morgan fingerprint density at radius 3 is 2.55 bits per heavy atom. The van der Waals surface area contributed by atoms with Gasteiger partial charge in [0.2, 0.25) is 5.91 Å². The molecular weight excluding hydrogens is 382 g/mol. The minimum Gasteiger partial charge on any atom is -0.349 e. The van der Waals surface area contributed by atoms with Crippen LogP contribution in [0.15, 0.2) is 53.9 Å². The molecule has 1 atom stereocenters. The van der Waals surface area contributed by atoms with E-state index in [4.69, 9.17) is 0 Å². The monoisotopic (exact) mass is 409 g/mol. The van der Waals surface area contributed by atoms with Crippen molar-refractivity contribution < 1.29 is 4.79 Å². The van der Waals surface area contributed by atoms with Crippen LogP contribution < -0.4 is 5.32 Å². The number of carbonyl (C=O) groups excluding carboxylic acids is 1. The Hall–Kier alpha value is -2.67. The first-order valence-corrected chi connectivity index (χ1v) is 10.7. The molecule has 0 aliphatic heterocycles. The van der Waals surface area contributed by atoms with E-state index in [9.17, 15) is 4.79 Å². The number of amides is 1. The second kappa shape index (κ2) is 9.69. The van der Waals surface area contributed by atoms with E-state index in [0.717, 1.165) is 23.4 Å².